The van der Waals surface area contributed by atoms with Crippen molar-refractivity contribution >= 4 is 11.9 Å². The summed E-state index contributed by atoms with van der Waals surface area (Å²) in [5, 5.41) is 10.6. The van der Waals surface area contributed by atoms with Crippen molar-refractivity contribution < 1.29 is 28.9 Å². The van der Waals surface area contributed by atoms with Gasteiger partial charge in [0.2, 0.25) is 12.7 Å². The van der Waals surface area contributed by atoms with Crippen LogP contribution in [0.2, 0.25) is 0 Å². The lowest BCUT2D eigenvalue weighted by atomic mass is 9.83. The van der Waals surface area contributed by atoms with Crippen LogP contribution in [0.5, 0.6) is 17.2 Å². The number of nitrogens with zero attached hydrogens (tertiary/aromatic N) is 3. The number of aliphatic carboxylic acids is 1. The van der Waals surface area contributed by atoms with Crippen LogP contribution in [0, 0.1) is 5.92 Å². The topological polar surface area (TPSA) is 91.8 Å². The molecule has 0 unspecified atom stereocenters. The minimum atomic E-state index is -0.827. The molecule has 3 atom stereocenters. The highest BCUT2D eigenvalue weighted by Gasteiger charge is 2.47. The molecule has 2 aliphatic heterocycles. The van der Waals surface area contributed by atoms with E-state index in [1.54, 1.807) is 7.11 Å². The minimum Gasteiger partial charge on any atom is -0.496 e. The molecule has 43 heavy (non-hydrogen) atoms. The van der Waals surface area contributed by atoms with Crippen molar-refractivity contribution in [2.24, 2.45) is 5.92 Å². The maximum atomic E-state index is 13.8. The predicted molar refractivity (Wildman–Crippen MR) is 167 cm³/mol. The van der Waals surface area contributed by atoms with Gasteiger partial charge in [0.1, 0.15) is 5.75 Å². The fourth-order valence-electron chi connectivity index (χ4n) is 6.46. The number of carboxylic acids is 1. The predicted octanol–water partition coefficient (Wildman–Crippen LogP) is 4.89. The minimum absolute atomic E-state index is 0.0866. The summed E-state index contributed by atoms with van der Waals surface area (Å²) < 4.78 is 16.7. The SMILES string of the molecule is CCCCN(CCCCN(C)C)C(=O)CN1C[C@H](c2ccc3c(c2)OCO3)[C@@H](C(=O)O)[C@@H]1CCCc1ccccc1OC. The summed E-state index contributed by atoms with van der Waals surface area (Å²) in [6, 6.07) is 13.4. The molecule has 1 amide bonds. The summed E-state index contributed by atoms with van der Waals surface area (Å²) in [5.74, 6) is 0.516. The van der Waals surface area contributed by atoms with Crippen LogP contribution in [-0.4, -0.2) is 98.4 Å². The van der Waals surface area contributed by atoms with Gasteiger partial charge >= 0.3 is 5.97 Å². The molecule has 0 aromatic heterocycles. The third-order valence-corrected chi connectivity index (χ3v) is 8.75. The molecular formula is C34H49N3O6. The molecule has 2 heterocycles. The van der Waals surface area contributed by atoms with Gasteiger partial charge in [0.05, 0.1) is 19.6 Å². The van der Waals surface area contributed by atoms with Crippen LogP contribution >= 0.6 is 0 Å². The van der Waals surface area contributed by atoms with Gasteiger partial charge in [-0.2, -0.15) is 0 Å². The molecule has 0 saturated carbocycles. The van der Waals surface area contributed by atoms with Gasteiger partial charge in [-0.15, -0.1) is 0 Å². The van der Waals surface area contributed by atoms with Gasteiger partial charge in [-0.3, -0.25) is 14.5 Å². The zero-order valence-electron chi connectivity index (χ0n) is 26.3. The number of carbonyl (C=O) groups excluding carboxylic acids is 1. The van der Waals surface area contributed by atoms with Crippen LogP contribution in [0.4, 0.5) is 0 Å². The van der Waals surface area contributed by atoms with Crippen molar-refractivity contribution in [2.45, 2.75) is 63.8 Å². The number of rotatable bonds is 17. The average molecular weight is 596 g/mol. The van der Waals surface area contributed by atoms with Gasteiger partial charge in [0, 0.05) is 31.6 Å². The molecule has 1 N–H and O–H groups in total. The van der Waals surface area contributed by atoms with Gasteiger partial charge in [-0.1, -0.05) is 37.6 Å². The van der Waals surface area contributed by atoms with E-state index in [1.807, 2.05) is 41.3 Å². The quantitative estimate of drug-likeness (QED) is 0.259. The number of amides is 1. The summed E-state index contributed by atoms with van der Waals surface area (Å²) >= 11 is 0. The molecule has 1 saturated heterocycles. The smallest absolute Gasteiger partial charge is 0.308 e. The maximum Gasteiger partial charge on any atom is 0.308 e. The first-order chi connectivity index (χ1) is 20.8. The first-order valence-corrected chi connectivity index (χ1v) is 15.7. The molecule has 0 bridgehead atoms. The maximum absolute atomic E-state index is 13.8. The van der Waals surface area contributed by atoms with Crippen molar-refractivity contribution in [2.75, 3.05) is 60.7 Å². The van der Waals surface area contributed by atoms with E-state index >= 15 is 0 Å². The summed E-state index contributed by atoms with van der Waals surface area (Å²) in [5.41, 5.74) is 2.01. The fourth-order valence-corrected chi connectivity index (χ4v) is 6.46. The highest BCUT2D eigenvalue weighted by Crippen LogP contribution is 2.43. The molecule has 236 valence electrons. The Hall–Kier alpha value is -3.30. The van der Waals surface area contributed by atoms with Gasteiger partial charge < -0.3 is 29.1 Å². The van der Waals surface area contributed by atoms with E-state index in [9.17, 15) is 14.7 Å². The van der Waals surface area contributed by atoms with Crippen LogP contribution in [-0.2, 0) is 16.0 Å². The number of ether oxygens (including phenoxy) is 3. The fraction of sp³-hybridized carbons (Fsp3) is 0.588. The number of methoxy groups -OCH3 is 1. The lowest BCUT2D eigenvalue weighted by Crippen LogP contribution is -2.44. The number of likely N-dealkylation sites (tertiary alicyclic amines) is 1. The Morgan fingerprint density at radius 1 is 1.00 bits per heavy atom. The Labute approximate surface area is 256 Å². The third-order valence-electron chi connectivity index (χ3n) is 8.75. The Bertz CT molecular complexity index is 1200. The van der Waals surface area contributed by atoms with Crippen LogP contribution in [0.3, 0.4) is 0 Å². The van der Waals surface area contributed by atoms with Gasteiger partial charge in [0.25, 0.3) is 0 Å². The summed E-state index contributed by atoms with van der Waals surface area (Å²) in [4.78, 5) is 33.0. The lowest BCUT2D eigenvalue weighted by molar-refractivity contribution is -0.143. The summed E-state index contributed by atoms with van der Waals surface area (Å²) in [6.07, 6.45) is 6.19. The second kappa shape index (κ2) is 16.0. The molecule has 9 heteroatoms. The first-order valence-electron chi connectivity index (χ1n) is 15.7. The molecule has 0 radical (unpaired) electrons. The van der Waals surface area contributed by atoms with E-state index in [0.717, 1.165) is 75.0 Å². The number of fused-ring (bicyclic) bond motifs is 1. The number of hydrogen-bond acceptors (Lipinski definition) is 7. The van der Waals surface area contributed by atoms with Crippen molar-refractivity contribution in [3.8, 4) is 17.2 Å². The van der Waals surface area contributed by atoms with Crippen LogP contribution in [0.1, 0.15) is 62.5 Å². The number of carbonyl (C=O) groups is 2. The van der Waals surface area contributed by atoms with Crippen LogP contribution < -0.4 is 14.2 Å². The third kappa shape index (κ3) is 8.63. The molecule has 0 spiro atoms. The normalized spacial score (nSPS) is 19.6. The zero-order valence-corrected chi connectivity index (χ0v) is 26.3. The zero-order chi connectivity index (χ0) is 30.8. The number of unbranched alkanes of at least 4 members (excludes halogenated alkanes) is 2. The highest BCUT2D eigenvalue weighted by molar-refractivity contribution is 5.79. The van der Waals surface area contributed by atoms with E-state index in [2.05, 4.69) is 36.9 Å². The Morgan fingerprint density at radius 3 is 2.49 bits per heavy atom. The van der Waals surface area contributed by atoms with Crippen molar-refractivity contribution in [1.82, 2.24) is 14.7 Å². The second-order valence-electron chi connectivity index (χ2n) is 12.0. The largest absolute Gasteiger partial charge is 0.496 e. The van der Waals surface area contributed by atoms with Gasteiger partial charge in [-0.05, 0) is 88.5 Å². The van der Waals surface area contributed by atoms with E-state index in [-0.39, 0.29) is 31.2 Å². The number of para-hydroxylation sites is 1. The van der Waals surface area contributed by atoms with Gasteiger partial charge in [-0.25, -0.2) is 0 Å². The number of aryl methyl sites for hydroxylation is 1. The van der Waals surface area contributed by atoms with Crippen molar-refractivity contribution in [3.05, 3.63) is 53.6 Å². The molecular weight excluding hydrogens is 546 g/mol. The lowest BCUT2D eigenvalue weighted by Gasteiger charge is -2.30. The number of hydrogen-bond donors (Lipinski definition) is 1. The van der Waals surface area contributed by atoms with E-state index in [1.165, 1.54) is 0 Å². The molecule has 9 nitrogen and oxygen atoms in total. The van der Waals surface area contributed by atoms with Crippen molar-refractivity contribution in [3.63, 3.8) is 0 Å². The van der Waals surface area contributed by atoms with Crippen LogP contribution in [0.15, 0.2) is 42.5 Å². The van der Waals surface area contributed by atoms with Crippen LogP contribution in [0.25, 0.3) is 0 Å². The molecule has 2 aromatic carbocycles. The standard InChI is InChI=1S/C34H49N3O6/c1-5-6-19-36(20-10-9-18-35(2)3)32(38)23-37-22-27(26-16-17-30-31(21-26)43-24-42-30)33(34(39)40)28(37)14-11-13-25-12-7-8-15-29(25)41-4/h7-8,12,15-17,21,27-28,33H,5-6,9-11,13-14,18-20,22-24H2,1-4H3,(H,39,40)/t27-,28+,33-/m1/s1. The summed E-state index contributed by atoms with van der Waals surface area (Å²) in [7, 11) is 5.80. The summed E-state index contributed by atoms with van der Waals surface area (Å²) in [6.45, 7) is 5.49. The molecule has 4 rings (SSSR count). The van der Waals surface area contributed by atoms with Crippen molar-refractivity contribution in [1.29, 1.82) is 0 Å². The number of benzene rings is 2. The average Bonchev–Trinajstić information content (AvgIpc) is 3.61. The Balaban J connectivity index is 1.54. The highest BCUT2D eigenvalue weighted by atomic mass is 16.7. The first kappa shape index (κ1) is 32.6. The Morgan fingerprint density at radius 2 is 1.74 bits per heavy atom. The monoisotopic (exact) mass is 595 g/mol. The van der Waals surface area contributed by atoms with E-state index in [0.29, 0.717) is 24.5 Å². The number of carboxylic acid groups (broad SMARTS) is 1. The molecule has 1 fully saturated rings. The van der Waals surface area contributed by atoms with E-state index in [4.69, 9.17) is 14.2 Å². The van der Waals surface area contributed by atoms with E-state index < -0.39 is 11.9 Å². The molecule has 2 aliphatic rings. The Kier molecular flexibility index (Phi) is 12.1. The molecule has 0 aliphatic carbocycles. The van der Waals surface area contributed by atoms with Gasteiger partial charge in [0.15, 0.2) is 11.5 Å². The molecule has 2 aromatic rings. The second-order valence-corrected chi connectivity index (χ2v) is 12.0.